The molecule has 1 fully saturated rings. The van der Waals surface area contributed by atoms with Gasteiger partial charge in [-0.3, -0.25) is 4.79 Å². The molecular weight excluding hydrogens is 318 g/mol. The number of carbonyl (C=O) groups excluding carboxylic acids is 1. The van der Waals surface area contributed by atoms with Crippen LogP contribution < -0.4 is 5.32 Å². The van der Waals surface area contributed by atoms with E-state index in [-0.39, 0.29) is 11.8 Å². The van der Waals surface area contributed by atoms with Crippen LogP contribution in [0.3, 0.4) is 0 Å². The monoisotopic (exact) mass is 341 g/mol. The largest absolute Gasteiger partial charge is 0.380 e. The lowest BCUT2D eigenvalue weighted by Crippen LogP contribution is -2.50. The first-order valence-corrected chi connectivity index (χ1v) is 9.53. The molecule has 1 amide bonds. The van der Waals surface area contributed by atoms with E-state index in [4.69, 9.17) is 0 Å². The van der Waals surface area contributed by atoms with Gasteiger partial charge in [0, 0.05) is 12.5 Å². The summed E-state index contributed by atoms with van der Waals surface area (Å²) in [6, 6.07) is 20.4. The number of aliphatic hydroxyl groups is 1. The Bertz CT molecular complexity index is 614. The molecule has 1 aliphatic rings. The third-order valence-corrected chi connectivity index (χ3v) is 5.60. The minimum absolute atomic E-state index is 0.0814. The van der Waals surface area contributed by atoms with E-state index in [1.165, 1.54) is 0 Å². The minimum Gasteiger partial charge on any atom is -0.380 e. The summed E-state index contributed by atoms with van der Waals surface area (Å²) in [5.74, 6) is 1.52. The highest BCUT2D eigenvalue weighted by atomic mass is 32.2. The Morgan fingerprint density at radius 3 is 2.00 bits per heavy atom. The zero-order chi connectivity index (χ0) is 16.8. The van der Waals surface area contributed by atoms with Crippen molar-refractivity contribution in [3.63, 3.8) is 0 Å². The lowest BCUT2D eigenvalue weighted by atomic mass is 9.90. The van der Waals surface area contributed by atoms with Crippen molar-refractivity contribution in [1.82, 2.24) is 5.32 Å². The van der Waals surface area contributed by atoms with Crippen LogP contribution in [0.15, 0.2) is 60.7 Å². The van der Waals surface area contributed by atoms with Gasteiger partial charge in [-0.15, -0.1) is 0 Å². The molecule has 3 nitrogen and oxygen atoms in total. The highest BCUT2D eigenvalue weighted by Gasteiger charge is 2.37. The van der Waals surface area contributed by atoms with Crippen LogP contribution in [0.5, 0.6) is 0 Å². The van der Waals surface area contributed by atoms with Gasteiger partial charge in [-0.2, -0.15) is 11.8 Å². The molecule has 2 N–H and O–H groups in total. The Morgan fingerprint density at radius 1 is 1.00 bits per heavy atom. The second-order valence-electron chi connectivity index (χ2n) is 6.23. The zero-order valence-electron chi connectivity index (χ0n) is 13.7. The molecule has 1 saturated heterocycles. The van der Waals surface area contributed by atoms with Gasteiger partial charge >= 0.3 is 0 Å². The van der Waals surface area contributed by atoms with Crippen molar-refractivity contribution < 1.29 is 9.90 Å². The standard InChI is InChI=1S/C20H23NO2S/c22-19(20(23)11-13-24-14-12-20)21-15-18(16-7-3-1-4-8-16)17-9-5-2-6-10-17/h1-10,18,23H,11-15H2,(H,21,22). The number of hydrogen-bond donors (Lipinski definition) is 2. The molecule has 2 aromatic rings. The van der Waals surface area contributed by atoms with Crippen LogP contribution in [-0.4, -0.2) is 34.7 Å². The molecule has 24 heavy (non-hydrogen) atoms. The van der Waals surface area contributed by atoms with Crippen LogP contribution in [0, 0.1) is 0 Å². The second kappa shape index (κ2) is 7.86. The SMILES string of the molecule is O=C(NCC(c1ccccc1)c1ccccc1)C1(O)CCSCC1. The van der Waals surface area contributed by atoms with Gasteiger partial charge in [-0.05, 0) is 35.5 Å². The summed E-state index contributed by atoms with van der Waals surface area (Å²) >= 11 is 1.79. The number of hydrogen-bond acceptors (Lipinski definition) is 3. The number of carbonyl (C=O) groups is 1. The number of thioether (sulfide) groups is 1. The van der Waals surface area contributed by atoms with Crippen LogP contribution in [0.25, 0.3) is 0 Å². The molecule has 0 spiro atoms. The van der Waals surface area contributed by atoms with E-state index < -0.39 is 5.60 Å². The van der Waals surface area contributed by atoms with Gasteiger partial charge in [0.15, 0.2) is 0 Å². The zero-order valence-corrected chi connectivity index (χ0v) is 14.5. The van der Waals surface area contributed by atoms with Crippen molar-refractivity contribution in [3.05, 3.63) is 71.8 Å². The van der Waals surface area contributed by atoms with Crippen LogP contribution in [0.1, 0.15) is 29.9 Å². The summed E-state index contributed by atoms with van der Waals surface area (Å²) in [6.07, 6.45) is 1.07. The Hall–Kier alpha value is -1.78. The van der Waals surface area contributed by atoms with E-state index in [0.717, 1.165) is 22.6 Å². The maximum absolute atomic E-state index is 12.5. The minimum atomic E-state index is -1.21. The predicted molar refractivity (Wildman–Crippen MR) is 99.2 cm³/mol. The van der Waals surface area contributed by atoms with Crippen molar-refractivity contribution in [2.75, 3.05) is 18.1 Å². The first kappa shape index (κ1) is 17.1. The molecule has 0 aromatic heterocycles. The van der Waals surface area contributed by atoms with E-state index in [2.05, 4.69) is 29.6 Å². The third-order valence-electron chi connectivity index (χ3n) is 4.61. The summed E-state index contributed by atoms with van der Waals surface area (Å²) in [4.78, 5) is 12.5. The number of benzene rings is 2. The molecule has 0 atom stereocenters. The van der Waals surface area contributed by atoms with Crippen LogP contribution in [0.4, 0.5) is 0 Å². The topological polar surface area (TPSA) is 49.3 Å². The van der Waals surface area contributed by atoms with Crippen LogP contribution in [-0.2, 0) is 4.79 Å². The summed E-state index contributed by atoms with van der Waals surface area (Å²) < 4.78 is 0. The van der Waals surface area contributed by atoms with Gasteiger partial charge in [0.05, 0.1) is 0 Å². The lowest BCUT2D eigenvalue weighted by molar-refractivity contribution is -0.140. The fourth-order valence-corrected chi connectivity index (χ4v) is 4.26. The number of amides is 1. The molecule has 1 heterocycles. The van der Waals surface area contributed by atoms with E-state index in [9.17, 15) is 9.90 Å². The Balaban J connectivity index is 1.74. The molecule has 0 radical (unpaired) electrons. The summed E-state index contributed by atoms with van der Waals surface area (Å²) in [6.45, 7) is 0.488. The average molecular weight is 341 g/mol. The molecular formula is C20H23NO2S. The van der Waals surface area contributed by atoms with Crippen LogP contribution in [0.2, 0.25) is 0 Å². The Morgan fingerprint density at radius 2 is 1.50 bits per heavy atom. The van der Waals surface area contributed by atoms with Crippen molar-refractivity contribution in [1.29, 1.82) is 0 Å². The van der Waals surface area contributed by atoms with Crippen LogP contribution >= 0.6 is 11.8 Å². The Kier molecular flexibility index (Phi) is 5.59. The molecule has 4 heteroatoms. The fraction of sp³-hybridized carbons (Fsp3) is 0.350. The molecule has 126 valence electrons. The first-order chi connectivity index (χ1) is 11.7. The molecule has 2 aromatic carbocycles. The highest BCUT2D eigenvalue weighted by Crippen LogP contribution is 2.28. The van der Waals surface area contributed by atoms with E-state index >= 15 is 0 Å². The normalized spacial score (nSPS) is 16.8. The third kappa shape index (κ3) is 4.00. The highest BCUT2D eigenvalue weighted by molar-refractivity contribution is 7.99. The first-order valence-electron chi connectivity index (χ1n) is 8.37. The van der Waals surface area contributed by atoms with Gasteiger partial charge in [-0.25, -0.2) is 0 Å². The van der Waals surface area contributed by atoms with E-state index in [1.807, 2.05) is 36.4 Å². The van der Waals surface area contributed by atoms with Crippen molar-refractivity contribution in [3.8, 4) is 0 Å². The van der Waals surface area contributed by atoms with Crippen molar-refractivity contribution in [2.45, 2.75) is 24.4 Å². The quantitative estimate of drug-likeness (QED) is 0.878. The molecule has 3 rings (SSSR count). The molecule has 0 saturated carbocycles. The maximum atomic E-state index is 12.5. The van der Waals surface area contributed by atoms with Crippen molar-refractivity contribution in [2.24, 2.45) is 0 Å². The van der Waals surface area contributed by atoms with Gasteiger partial charge in [0.1, 0.15) is 5.60 Å². The van der Waals surface area contributed by atoms with E-state index in [0.29, 0.717) is 19.4 Å². The van der Waals surface area contributed by atoms with E-state index in [1.54, 1.807) is 11.8 Å². The summed E-state index contributed by atoms with van der Waals surface area (Å²) in [5, 5.41) is 13.6. The smallest absolute Gasteiger partial charge is 0.252 e. The molecule has 0 aliphatic carbocycles. The van der Waals surface area contributed by atoms with Gasteiger partial charge in [-0.1, -0.05) is 60.7 Å². The number of rotatable bonds is 5. The average Bonchev–Trinajstić information content (AvgIpc) is 2.64. The molecule has 1 aliphatic heterocycles. The fourth-order valence-electron chi connectivity index (χ4n) is 3.09. The van der Waals surface area contributed by atoms with Gasteiger partial charge in [0.2, 0.25) is 0 Å². The van der Waals surface area contributed by atoms with Crippen molar-refractivity contribution >= 4 is 17.7 Å². The van der Waals surface area contributed by atoms with Gasteiger partial charge in [0.25, 0.3) is 5.91 Å². The van der Waals surface area contributed by atoms with Gasteiger partial charge < -0.3 is 10.4 Å². The lowest BCUT2D eigenvalue weighted by Gasteiger charge is -2.31. The molecule has 0 bridgehead atoms. The number of nitrogens with one attached hydrogen (secondary N) is 1. The Labute approximate surface area is 147 Å². The summed E-state index contributed by atoms with van der Waals surface area (Å²) in [7, 11) is 0. The molecule has 0 unspecified atom stereocenters. The summed E-state index contributed by atoms with van der Waals surface area (Å²) in [5.41, 5.74) is 1.12. The maximum Gasteiger partial charge on any atom is 0.252 e. The second-order valence-corrected chi connectivity index (χ2v) is 7.45. The predicted octanol–water partition coefficient (Wildman–Crippen LogP) is 3.19.